The molecule has 1 saturated heterocycles. The van der Waals surface area contributed by atoms with Crippen LogP contribution in [-0.2, 0) is 14.3 Å². The Morgan fingerprint density at radius 3 is 2.88 bits per heavy atom. The lowest BCUT2D eigenvalue weighted by Crippen LogP contribution is -2.49. The van der Waals surface area contributed by atoms with Gasteiger partial charge in [-0.05, 0) is 6.42 Å². The van der Waals surface area contributed by atoms with Crippen molar-refractivity contribution in [1.82, 2.24) is 15.8 Å². The molecule has 94 valence electrons. The molecule has 0 aromatic heterocycles. The van der Waals surface area contributed by atoms with E-state index in [-0.39, 0.29) is 5.91 Å². The Kier molecular flexibility index (Phi) is 7.07. The quantitative estimate of drug-likeness (QED) is 0.549. The fraction of sp³-hybridized carbons (Fsp3) is 0.900. The van der Waals surface area contributed by atoms with Crippen molar-refractivity contribution in [3.8, 4) is 0 Å². The van der Waals surface area contributed by atoms with Crippen molar-refractivity contribution in [1.29, 1.82) is 0 Å². The number of methoxy groups -OCH3 is 1. The van der Waals surface area contributed by atoms with Gasteiger partial charge in [-0.1, -0.05) is 0 Å². The van der Waals surface area contributed by atoms with Crippen LogP contribution >= 0.6 is 0 Å². The van der Waals surface area contributed by atoms with E-state index in [4.69, 9.17) is 9.47 Å². The van der Waals surface area contributed by atoms with E-state index in [0.29, 0.717) is 19.7 Å². The van der Waals surface area contributed by atoms with E-state index in [2.05, 4.69) is 10.7 Å². The summed E-state index contributed by atoms with van der Waals surface area (Å²) in [4.78, 5) is 11.4. The normalized spacial score (nSPS) is 17.3. The number of ether oxygens (including phenoxy) is 2. The van der Waals surface area contributed by atoms with E-state index in [9.17, 15) is 4.79 Å². The minimum atomic E-state index is 0.0163. The predicted octanol–water partition coefficient (Wildman–Crippen LogP) is -1.02. The molecule has 6 nitrogen and oxygen atoms in total. The van der Waals surface area contributed by atoms with Crippen LogP contribution in [0.15, 0.2) is 0 Å². The Labute approximate surface area is 96.2 Å². The number of nitrogens with one attached hydrogen (secondary N) is 2. The maximum Gasteiger partial charge on any atom is 0.235 e. The van der Waals surface area contributed by atoms with Gasteiger partial charge in [0.1, 0.15) is 0 Å². The molecule has 1 amide bonds. The van der Waals surface area contributed by atoms with Crippen LogP contribution in [0.1, 0.15) is 6.42 Å². The molecule has 0 saturated carbocycles. The van der Waals surface area contributed by atoms with Crippen molar-refractivity contribution < 1.29 is 14.3 Å². The summed E-state index contributed by atoms with van der Waals surface area (Å²) >= 11 is 0. The minimum Gasteiger partial charge on any atom is -0.385 e. The zero-order chi connectivity index (χ0) is 11.6. The summed E-state index contributed by atoms with van der Waals surface area (Å²) in [5.41, 5.74) is 3.07. The Morgan fingerprint density at radius 1 is 1.44 bits per heavy atom. The standard InChI is InChI=1S/C10H21N3O3/c1-15-6-2-3-11-10(14)9-12-13-4-7-16-8-5-13/h12H,2-9H2,1H3,(H,11,14). The highest BCUT2D eigenvalue weighted by molar-refractivity contribution is 5.77. The van der Waals surface area contributed by atoms with Gasteiger partial charge in [0.05, 0.1) is 19.8 Å². The summed E-state index contributed by atoms with van der Waals surface area (Å²) in [6.45, 7) is 4.78. The number of hydrogen-bond donors (Lipinski definition) is 2. The second-order valence-electron chi connectivity index (χ2n) is 3.63. The van der Waals surface area contributed by atoms with Crippen LogP contribution in [0.3, 0.4) is 0 Å². The highest BCUT2D eigenvalue weighted by Crippen LogP contribution is 1.91. The summed E-state index contributed by atoms with van der Waals surface area (Å²) in [6.07, 6.45) is 0.847. The number of hydrogen-bond acceptors (Lipinski definition) is 5. The van der Waals surface area contributed by atoms with Crippen LogP contribution in [0.5, 0.6) is 0 Å². The number of carbonyl (C=O) groups is 1. The monoisotopic (exact) mass is 231 g/mol. The van der Waals surface area contributed by atoms with Crippen LogP contribution < -0.4 is 10.7 Å². The van der Waals surface area contributed by atoms with Crippen molar-refractivity contribution >= 4 is 5.91 Å². The Bertz CT molecular complexity index is 196. The van der Waals surface area contributed by atoms with Gasteiger partial charge in [-0.15, -0.1) is 0 Å². The molecule has 1 aliphatic rings. The zero-order valence-electron chi connectivity index (χ0n) is 9.83. The first kappa shape index (κ1) is 13.4. The topological polar surface area (TPSA) is 62.8 Å². The van der Waals surface area contributed by atoms with E-state index in [0.717, 1.165) is 32.7 Å². The van der Waals surface area contributed by atoms with Crippen molar-refractivity contribution in [2.45, 2.75) is 6.42 Å². The molecule has 0 aliphatic carbocycles. The van der Waals surface area contributed by atoms with E-state index in [1.165, 1.54) is 0 Å². The third-order valence-corrected chi connectivity index (χ3v) is 2.32. The molecule has 0 radical (unpaired) electrons. The summed E-state index contributed by atoms with van der Waals surface area (Å²) in [5, 5.41) is 4.83. The van der Waals surface area contributed by atoms with Crippen molar-refractivity contribution in [3.63, 3.8) is 0 Å². The number of rotatable bonds is 7. The average molecular weight is 231 g/mol. The molecule has 0 unspecified atom stereocenters. The maximum atomic E-state index is 11.4. The largest absolute Gasteiger partial charge is 0.385 e. The maximum absolute atomic E-state index is 11.4. The highest BCUT2D eigenvalue weighted by atomic mass is 16.5. The van der Waals surface area contributed by atoms with Gasteiger partial charge >= 0.3 is 0 Å². The summed E-state index contributed by atoms with van der Waals surface area (Å²) in [5.74, 6) is 0.0163. The second-order valence-corrected chi connectivity index (χ2v) is 3.63. The van der Waals surface area contributed by atoms with Crippen LogP contribution in [0.2, 0.25) is 0 Å². The Hall–Kier alpha value is -0.690. The number of carbonyl (C=O) groups excluding carboxylic acids is 1. The Balaban J connectivity index is 1.96. The van der Waals surface area contributed by atoms with Gasteiger partial charge in [0.15, 0.2) is 0 Å². The predicted molar refractivity (Wildman–Crippen MR) is 59.9 cm³/mol. The lowest BCUT2D eigenvalue weighted by atomic mass is 10.4. The third kappa shape index (κ3) is 6.02. The van der Waals surface area contributed by atoms with Crippen LogP contribution in [-0.4, -0.2) is 64.0 Å². The van der Waals surface area contributed by atoms with Gasteiger partial charge in [-0.2, -0.15) is 0 Å². The molecule has 1 aliphatic heterocycles. The highest BCUT2D eigenvalue weighted by Gasteiger charge is 2.10. The van der Waals surface area contributed by atoms with Crippen LogP contribution in [0, 0.1) is 0 Å². The second kappa shape index (κ2) is 8.46. The van der Waals surface area contributed by atoms with Gasteiger partial charge in [-0.25, -0.2) is 10.4 Å². The molecule has 2 N–H and O–H groups in total. The number of morpholine rings is 1. The first-order chi connectivity index (χ1) is 7.83. The summed E-state index contributed by atoms with van der Waals surface area (Å²) < 4.78 is 10.1. The van der Waals surface area contributed by atoms with Gasteiger partial charge in [0.2, 0.25) is 5.91 Å². The van der Waals surface area contributed by atoms with E-state index in [1.807, 2.05) is 5.01 Å². The zero-order valence-corrected chi connectivity index (χ0v) is 9.83. The molecule has 1 fully saturated rings. The molecule has 0 aromatic carbocycles. The fourth-order valence-corrected chi connectivity index (χ4v) is 1.41. The molecule has 0 spiro atoms. The molecule has 0 atom stereocenters. The van der Waals surface area contributed by atoms with Crippen LogP contribution in [0.25, 0.3) is 0 Å². The molecule has 0 aromatic rings. The lowest BCUT2D eigenvalue weighted by molar-refractivity contribution is -0.121. The molecule has 16 heavy (non-hydrogen) atoms. The lowest BCUT2D eigenvalue weighted by Gasteiger charge is -2.26. The molecule has 0 bridgehead atoms. The van der Waals surface area contributed by atoms with Crippen LogP contribution in [0.4, 0.5) is 0 Å². The third-order valence-electron chi connectivity index (χ3n) is 2.32. The van der Waals surface area contributed by atoms with E-state index in [1.54, 1.807) is 7.11 Å². The molecular weight excluding hydrogens is 210 g/mol. The SMILES string of the molecule is COCCCNC(=O)CNN1CCOCC1. The first-order valence-electron chi connectivity index (χ1n) is 5.65. The van der Waals surface area contributed by atoms with Gasteiger partial charge in [0, 0.05) is 33.4 Å². The summed E-state index contributed by atoms with van der Waals surface area (Å²) in [7, 11) is 1.65. The molecular formula is C10H21N3O3. The van der Waals surface area contributed by atoms with Crippen molar-refractivity contribution in [2.24, 2.45) is 0 Å². The van der Waals surface area contributed by atoms with E-state index < -0.39 is 0 Å². The summed E-state index contributed by atoms with van der Waals surface area (Å²) in [6, 6.07) is 0. The van der Waals surface area contributed by atoms with Gasteiger partial charge in [-0.3, -0.25) is 4.79 Å². The first-order valence-corrected chi connectivity index (χ1v) is 5.65. The van der Waals surface area contributed by atoms with Crippen molar-refractivity contribution in [2.75, 3.05) is 53.1 Å². The molecule has 1 heterocycles. The van der Waals surface area contributed by atoms with Gasteiger partial charge in [0.25, 0.3) is 0 Å². The minimum absolute atomic E-state index is 0.0163. The number of nitrogens with zero attached hydrogens (tertiary/aromatic N) is 1. The van der Waals surface area contributed by atoms with Crippen molar-refractivity contribution in [3.05, 3.63) is 0 Å². The van der Waals surface area contributed by atoms with E-state index >= 15 is 0 Å². The smallest absolute Gasteiger partial charge is 0.235 e. The molecule has 1 rings (SSSR count). The molecule has 6 heteroatoms. The van der Waals surface area contributed by atoms with Gasteiger partial charge < -0.3 is 14.8 Å². The fourth-order valence-electron chi connectivity index (χ4n) is 1.41. The number of hydrazine groups is 1. The number of amides is 1. The Morgan fingerprint density at radius 2 is 2.19 bits per heavy atom. The average Bonchev–Trinajstić information content (AvgIpc) is 2.33.